The zero-order chi connectivity index (χ0) is 21.1. The second-order valence-corrected chi connectivity index (χ2v) is 7.73. The lowest BCUT2D eigenvalue weighted by molar-refractivity contribution is -0.145. The summed E-state index contributed by atoms with van der Waals surface area (Å²) >= 11 is 0. The monoisotopic (exact) mass is 400 g/mol. The molecule has 0 spiro atoms. The molecule has 0 aromatic heterocycles. The second-order valence-electron chi connectivity index (χ2n) is 7.73. The predicted molar refractivity (Wildman–Crippen MR) is 116 cm³/mol. The van der Waals surface area contributed by atoms with Gasteiger partial charge in [-0.3, -0.25) is 4.79 Å². The number of hydrogen-bond acceptors (Lipinski definition) is 4. The standard InChI is InChI=1S/C26H24O4/c1-17-3-5-18(6-4-17)19-7-9-20(10-8-19)26(28)30-24-14-13-21-15-23(25(27)29-2)12-11-22(21)16-24/h3-10,13-14,16,23H,11-12,15H2,1-2H3. The van der Waals surface area contributed by atoms with Crippen LogP contribution in [0.5, 0.6) is 5.75 Å². The quantitative estimate of drug-likeness (QED) is 0.448. The van der Waals surface area contributed by atoms with E-state index in [9.17, 15) is 9.59 Å². The van der Waals surface area contributed by atoms with Crippen LogP contribution < -0.4 is 4.74 Å². The molecule has 1 atom stereocenters. The Morgan fingerprint density at radius 3 is 2.20 bits per heavy atom. The molecule has 3 aromatic rings. The van der Waals surface area contributed by atoms with E-state index in [1.807, 2.05) is 24.3 Å². The Labute approximate surface area is 176 Å². The molecule has 0 radical (unpaired) electrons. The van der Waals surface area contributed by atoms with E-state index in [0.717, 1.165) is 35.1 Å². The van der Waals surface area contributed by atoms with Gasteiger partial charge in [0.15, 0.2) is 0 Å². The van der Waals surface area contributed by atoms with Crippen LogP contribution in [0.15, 0.2) is 66.7 Å². The van der Waals surface area contributed by atoms with Gasteiger partial charge in [-0.1, -0.05) is 48.0 Å². The van der Waals surface area contributed by atoms with Crippen molar-refractivity contribution in [3.05, 3.63) is 89.0 Å². The molecule has 0 saturated carbocycles. The number of rotatable bonds is 4. The van der Waals surface area contributed by atoms with E-state index < -0.39 is 0 Å². The number of hydrogen-bond donors (Lipinski definition) is 0. The molecule has 4 rings (SSSR count). The number of carbonyl (C=O) groups excluding carboxylic acids is 2. The molecule has 0 amide bonds. The van der Waals surface area contributed by atoms with E-state index in [4.69, 9.17) is 9.47 Å². The van der Waals surface area contributed by atoms with Crippen molar-refractivity contribution in [1.29, 1.82) is 0 Å². The third-order valence-corrected chi connectivity index (χ3v) is 5.66. The molecule has 0 saturated heterocycles. The van der Waals surface area contributed by atoms with Crippen LogP contribution in [0.4, 0.5) is 0 Å². The van der Waals surface area contributed by atoms with E-state index in [1.165, 1.54) is 12.7 Å². The van der Waals surface area contributed by atoms with Gasteiger partial charge in [0.1, 0.15) is 5.75 Å². The molecule has 1 unspecified atom stereocenters. The summed E-state index contributed by atoms with van der Waals surface area (Å²) in [5.41, 5.74) is 6.12. The number of carbonyl (C=O) groups is 2. The van der Waals surface area contributed by atoms with Crippen LogP contribution in [0.25, 0.3) is 11.1 Å². The highest BCUT2D eigenvalue weighted by molar-refractivity contribution is 5.91. The number of benzene rings is 3. The summed E-state index contributed by atoms with van der Waals surface area (Å²) in [6.07, 6.45) is 2.18. The maximum Gasteiger partial charge on any atom is 0.343 e. The summed E-state index contributed by atoms with van der Waals surface area (Å²) < 4.78 is 10.5. The Hall–Kier alpha value is -3.40. The Kier molecular flexibility index (Phi) is 5.66. The lowest BCUT2D eigenvalue weighted by atomic mass is 9.84. The highest BCUT2D eigenvalue weighted by Gasteiger charge is 2.25. The third kappa shape index (κ3) is 4.28. The maximum absolute atomic E-state index is 12.6. The van der Waals surface area contributed by atoms with E-state index in [1.54, 1.807) is 18.2 Å². The van der Waals surface area contributed by atoms with Gasteiger partial charge in [-0.05, 0) is 72.7 Å². The van der Waals surface area contributed by atoms with Crippen LogP contribution in [0.3, 0.4) is 0 Å². The fourth-order valence-electron chi connectivity index (χ4n) is 3.87. The molecule has 0 fully saturated rings. The van der Waals surface area contributed by atoms with Crippen LogP contribution in [0.2, 0.25) is 0 Å². The van der Waals surface area contributed by atoms with Gasteiger partial charge in [0.25, 0.3) is 0 Å². The van der Waals surface area contributed by atoms with Crippen molar-refractivity contribution in [3.63, 3.8) is 0 Å². The number of aryl methyl sites for hydroxylation is 2. The van der Waals surface area contributed by atoms with Crippen LogP contribution in [-0.4, -0.2) is 19.0 Å². The van der Waals surface area contributed by atoms with Gasteiger partial charge >= 0.3 is 11.9 Å². The highest BCUT2D eigenvalue weighted by Crippen LogP contribution is 2.30. The van der Waals surface area contributed by atoms with Gasteiger partial charge in [0.05, 0.1) is 18.6 Å². The average Bonchev–Trinajstić information content (AvgIpc) is 2.78. The molecule has 1 aliphatic carbocycles. The molecule has 0 aliphatic heterocycles. The van der Waals surface area contributed by atoms with Crippen molar-refractivity contribution in [2.45, 2.75) is 26.2 Å². The molecule has 0 heterocycles. The van der Waals surface area contributed by atoms with E-state index in [2.05, 4.69) is 31.2 Å². The van der Waals surface area contributed by atoms with Crippen LogP contribution in [0, 0.1) is 12.8 Å². The molecule has 1 aliphatic rings. The molecule has 30 heavy (non-hydrogen) atoms. The molecule has 152 valence electrons. The van der Waals surface area contributed by atoms with Crippen molar-refractivity contribution < 1.29 is 19.1 Å². The van der Waals surface area contributed by atoms with Gasteiger partial charge < -0.3 is 9.47 Å². The Morgan fingerprint density at radius 2 is 1.53 bits per heavy atom. The lowest BCUT2D eigenvalue weighted by Gasteiger charge is -2.23. The summed E-state index contributed by atoms with van der Waals surface area (Å²) in [5, 5.41) is 0. The second kappa shape index (κ2) is 8.54. The largest absolute Gasteiger partial charge is 0.469 e. The van der Waals surface area contributed by atoms with Gasteiger partial charge in [-0.25, -0.2) is 4.79 Å². The number of ether oxygens (including phenoxy) is 2. The zero-order valence-electron chi connectivity index (χ0n) is 17.2. The van der Waals surface area contributed by atoms with Crippen LogP contribution in [-0.2, 0) is 22.4 Å². The Morgan fingerprint density at radius 1 is 0.867 bits per heavy atom. The summed E-state index contributed by atoms with van der Waals surface area (Å²) in [7, 11) is 1.42. The number of fused-ring (bicyclic) bond motifs is 1. The SMILES string of the molecule is COC(=O)C1CCc2cc(OC(=O)c3ccc(-c4ccc(C)cc4)cc3)ccc2C1. The molecule has 0 bridgehead atoms. The number of methoxy groups -OCH3 is 1. The van der Waals surface area contributed by atoms with Gasteiger partial charge in [-0.15, -0.1) is 0 Å². The van der Waals surface area contributed by atoms with E-state index in [-0.39, 0.29) is 17.9 Å². The molecule has 3 aromatic carbocycles. The summed E-state index contributed by atoms with van der Waals surface area (Å²) in [5.74, 6) is -0.111. The minimum atomic E-state index is -0.381. The number of esters is 2. The topological polar surface area (TPSA) is 52.6 Å². The van der Waals surface area contributed by atoms with E-state index in [0.29, 0.717) is 17.7 Å². The first kappa shape index (κ1) is 19.9. The van der Waals surface area contributed by atoms with Crippen molar-refractivity contribution in [3.8, 4) is 16.9 Å². The Bertz CT molecular complexity index is 1070. The highest BCUT2D eigenvalue weighted by atomic mass is 16.5. The molecular weight excluding hydrogens is 376 g/mol. The first-order valence-corrected chi connectivity index (χ1v) is 10.1. The fraction of sp³-hybridized carbons (Fsp3) is 0.231. The van der Waals surface area contributed by atoms with Gasteiger partial charge in [-0.2, -0.15) is 0 Å². The predicted octanol–water partition coefficient (Wildman–Crippen LogP) is 5.16. The average molecular weight is 400 g/mol. The summed E-state index contributed by atoms with van der Waals surface area (Å²) in [6, 6.07) is 21.4. The van der Waals surface area contributed by atoms with Crippen molar-refractivity contribution in [2.24, 2.45) is 5.92 Å². The third-order valence-electron chi connectivity index (χ3n) is 5.66. The normalized spacial score (nSPS) is 15.2. The van der Waals surface area contributed by atoms with Crippen LogP contribution >= 0.6 is 0 Å². The van der Waals surface area contributed by atoms with Gasteiger partial charge in [0.2, 0.25) is 0 Å². The Balaban J connectivity index is 1.44. The minimum absolute atomic E-state index is 0.0945. The lowest BCUT2D eigenvalue weighted by Crippen LogP contribution is -2.23. The first-order valence-electron chi connectivity index (χ1n) is 10.1. The fourth-order valence-corrected chi connectivity index (χ4v) is 3.87. The summed E-state index contributed by atoms with van der Waals surface area (Å²) in [6.45, 7) is 2.06. The molecule has 4 heteroatoms. The zero-order valence-corrected chi connectivity index (χ0v) is 17.2. The molecular formula is C26H24O4. The van der Waals surface area contributed by atoms with E-state index >= 15 is 0 Å². The van der Waals surface area contributed by atoms with Gasteiger partial charge in [0, 0.05) is 0 Å². The maximum atomic E-state index is 12.6. The first-order chi connectivity index (χ1) is 14.5. The minimum Gasteiger partial charge on any atom is -0.469 e. The summed E-state index contributed by atoms with van der Waals surface area (Å²) in [4.78, 5) is 24.4. The molecule has 4 nitrogen and oxygen atoms in total. The van der Waals surface area contributed by atoms with Crippen molar-refractivity contribution in [1.82, 2.24) is 0 Å². The molecule has 0 N–H and O–H groups in total. The van der Waals surface area contributed by atoms with Crippen molar-refractivity contribution in [2.75, 3.05) is 7.11 Å². The smallest absolute Gasteiger partial charge is 0.343 e. The van der Waals surface area contributed by atoms with Crippen molar-refractivity contribution >= 4 is 11.9 Å². The van der Waals surface area contributed by atoms with Crippen LogP contribution in [0.1, 0.15) is 33.5 Å².